The Hall–Kier alpha value is -0.920. The zero-order valence-electron chi connectivity index (χ0n) is 9.45. The Labute approximate surface area is 132 Å². The van der Waals surface area contributed by atoms with Crippen LogP contribution in [0.4, 0.5) is 4.39 Å². The molecule has 1 aromatic heterocycles. The third-order valence-electron chi connectivity index (χ3n) is 2.82. The van der Waals surface area contributed by atoms with Gasteiger partial charge in [-0.3, -0.25) is 4.57 Å². The number of nitrogens with one attached hydrogen (secondary N) is 1. The number of nitrogens with zero attached hydrogens (tertiary/aromatic N) is 1. The summed E-state index contributed by atoms with van der Waals surface area (Å²) in [6, 6.07) is 10.4. The number of imidazole rings is 1. The topological polar surface area (TPSA) is 20.7 Å². The summed E-state index contributed by atoms with van der Waals surface area (Å²) in [5, 5.41) is 0.658. The van der Waals surface area contributed by atoms with E-state index in [0.717, 1.165) is 9.26 Å². The van der Waals surface area contributed by atoms with Crippen LogP contribution in [0.3, 0.4) is 0 Å². The number of para-hydroxylation sites is 1. The van der Waals surface area contributed by atoms with E-state index in [9.17, 15) is 4.39 Å². The molecule has 2 nitrogen and oxygen atoms in total. The zero-order chi connectivity index (χ0) is 13.6. The van der Waals surface area contributed by atoms with Crippen LogP contribution >= 0.6 is 46.4 Å². The van der Waals surface area contributed by atoms with Gasteiger partial charge in [0, 0.05) is 8.59 Å². The molecule has 0 amide bonds. The molecule has 0 aliphatic heterocycles. The highest BCUT2D eigenvalue weighted by Crippen LogP contribution is 2.26. The van der Waals surface area contributed by atoms with Gasteiger partial charge in [-0.25, -0.2) is 4.39 Å². The second-order valence-electron chi connectivity index (χ2n) is 4.00. The van der Waals surface area contributed by atoms with Gasteiger partial charge < -0.3 is 4.98 Å². The molecule has 19 heavy (non-hydrogen) atoms. The number of H-pyrrole nitrogens is 1. The molecule has 1 heterocycles. The normalized spacial score (nSPS) is 11.1. The molecule has 0 radical (unpaired) electrons. The van der Waals surface area contributed by atoms with Gasteiger partial charge in [-0.1, -0.05) is 17.7 Å². The molecule has 0 atom stereocenters. The first kappa shape index (κ1) is 13.1. The minimum atomic E-state index is -0.314. The number of benzene rings is 2. The molecule has 3 aromatic rings. The molecule has 0 aliphatic carbocycles. The number of aromatic amines is 1. The Kier molecular flexibility index (Phi) is 3.36. The minimum absolute atomic E-state index is 0.314. The van der Waals surface area contributed by atoms with Crippen molar-refractivity contribution in [1.29, 1.82) is 0 Å². The number of hydrogen-bond donors (Lipinski definition) is 1. The first-order chi connectivity index (χ1) is 9.08. The second-order valence-corrected chi connectivity index (χ2v) is 5.98. The summed E-state index contributed by atoms with van der Waals surface area (Å²) in [5.74, 6) is -0.314. The molecule has 0 spiro atoms. The summed E-state index contributed by atoms with van der Waals surface area (Å²) < 4.78 is 17.0. The fourth-order valence-electron chi connectivity index (χ4n) is 2.00. The predicted octanol–water partition coefficient (Wildman–Crippen LogP) is 5.09. The molecular formula is C13H7ClFIN2S. The standard InChI is InChI=1S/C13H7ClFIN2S/c14-7-4-5-10(9(16)6-7)18-11-3-1-2-8(15)12(11)17-13(18)19/h1-6H,(H,17,19). The van der Waals surface area contributed by atoms with E-state index in [1.807, 2.05) is 22.8 Å². The third kappa shape index (κ3) is 2.19. The average molecular weight is 405 g/mol. The van der Waals surface area contributed by atoms with Gasteiger partial charge in [0.1, 0.15) is 11.3 Å². The van der Waals surface area contributed by atoms with Gasteiger partial charge in [0.15, 0.2) is 4.77 Å². The van der Waals surface area contributed by atoms with Crippen LogP contribution in [0.15, 0.2) is 36.4 Å². The van der Waals surface area contributed by atoms with Crippen molar-refractivity contribution in [2.24, 2.45) is 0 Å². The SMILES string of the molecule is Fc1cccc2c1[nH]c(=S)n2-c1ccc(Cl)cc1I. The summed E-state index contributed by atoms with van der Waals surface area (Å²) in [6.07, 6.45) is 0. The molecule has 96 valence electrons. The molecule has 3 rings (SSSR count). The summed E-state index contributed by atoms with van der Waals surface area (Å²) in [6.45, 7) is 0. The molecular weight excluding hydrogens is 398 g/mol. The minimum Gasteiger partial charge on any atom is -0.328 e. The van der Waals surface area contributed by atoms with Crippen molar-refractivity contribution in [2.45, 2.75) is 0 Å². The van der Waals surface area contributed by atoms with E-state index in [1.54, 1.807) is 12.1 Å². The van der Waals surface area contributed by atoms with Gasteiger partial charge in [-0.2, -0.15) is 0 Å². The lowest BCUT2D eigenvalue weighted by molar-refractivity contribution is 0.637. The molecule has 0 saturated carbocycles. The van der Waals surface area contributed by atoms with Crippen LogP contribution in [0.25, 0.3) is 16.7 Å². The van der Waals surface area contributed by atoms with E-state index in [2.05, 4.69) is 27.6 Å². The van der Waals surface area contributed by atoms with E-state index in [0.29, 0.717) is 20.8 Å². The van der Waals surface area contributed by atoms with Gasteiger partial charge in [-0.05, 0) is 65.1 Å². The molecule has 6 heteroatoms. The maximum atomic E-state index is 13.7. The van der Waals surface area contributed by atoms with Crippen LogP contribution in [-0.4, -0.2) is 9.55 Å². The number of halogens is 3. The van der Waals surface area contributed by atoms with Crippen LogP contribution in [-0.2, 0) is 0 Å². The van der Waals surface area contributed by atoms with Crippen molar-refractivity contribution in [3.8, 4) is 5.69 Å². The van der Waals surface area contributed by atoms with Crippen molar-refractivity contribution in [2.75, 3.05) is 0 Å². The highest BCUT2D eigenvalue weighted by molar-refractivity contribution is 14.1. The van der Waals surface area contributed by atoms with Crippen LogP contribution < -0.4 is 0 Å². The Morgan fingerprint density at radius 3 is 2.79 bits per heavy atom. The van der Waals surface area contributed by atoms with Gasteiger partial charge in [0.05, 0.1) is 11.2 Å². The quantitative estimate of drug-likeness (QED) is 0.443. The lowest BCUT2D eigenvalue weighted by Gasteiger charge is -2.07. The Morgan fingerprint density at radius 2 is 2.05 bits per heavy atom. The van der Waals surface area contributed by atoms with Crippen LogP contribution in [0.1, 0.15) is 0 Å². The number of fused-ring (bicyclic) bond motifs is 1. The highest BCUT2D eigenvalue weighted by atomic mass is 127. The number of rotatable bonds is 1. The van der Waals surface area contributed by atoms with Gasteiger partial charge in [-0.15, -0.1) is 0 Å². The third-order valence-corrected chi connectivity index (χ3v) is 4.20. The number of hydrogen-bond acceptors (Lipinski definition) is 1. The van der Waals surface area contributed by atoms with E-state index >= 15 is 0 Å². The molecule has 0 saturated heterocycles. The molecule has 0 unspecified atom stereocenters. The largest absolute Gasteiger partial charge is 0.328 e. The van der Waals surface area contributed by atoms with Crippen LogP contribution in [0, 0.1) is 14.2 Å². The molecule has 0 fully saturated rings. The molecule has 1 N–H and O–H groups in total. The predicted molar refractivity (Wildman–Crippen MR) is 86.1 cm³/mol. The van der Waals surface area contributed by atoms with Crippen molar-refractivity contribution in [1.82, 2.24) is 9.55 Å². The summed E-state index contributed by atoms with van der Waals surface area (Å²) in [7, 11) is 0. The fourth-order valence-corrected chi connectivity index (χ4v) is 3.41. The number of aromatic nitrogens is 2. The van der Waals surface area contributed by atoms with E-state index in [-0.39, 0.29) is 5.82 Å². The zero-order valence-corrected chi connectivity index (χ0v) is 13.2. The summed E-state index contributed by atoms with van der Waals surface area (Å²) >= 11 is 13.4. The maximum absolute atomic E-state index is 13.7. The Bertz CT molecular complexity index is 840. The van der Waals surface area contributed by atoms with Crippen molar-refractivity contribution in [3.05, 3.63) is 55.6 Å². The van der Waals surface area contributed by atoms with Gasteiger partial charge in [0.2, 0.25) is 0 Å². The lowest BCUT2D eigenvalue weighted by Crippen LogP contribution is -1.96. The summed E-state index contributed by atoms with van der Waals surface area (Å²) in [5.41, 5.74) is 2.01. The highest BCUT2D eigenvalue weighted by Gasteiger charge is 2.12. The lowest BCUT2D eigenvalue weighted by atomic mass is 10.2. The van der Waals surface area contributed by atoms with Crippen molar-refractivity contribution < 1.29 is 4.39 Å². The first-order valence-electron chi connectivity index (χ1n) is 5.42. The second kappa shape index (κ2) is 4.88. The van der Waals surface area contributed by atoms with E-state index < -0.39 is 0 Å². The van der Waals surface area contributed by atoms with Crippen molar-refractivity contribution >= 4 is 57.4 Å². The van der Waals surface area contributed by atoms with E-state index in [4.69, 9.17) is 23.8 Å². The Balaban J connectivity index is 2.40. The average Bonchev–Trinajstić information content (AvgIpc) is 2.68. The molecule has 0 bridgehead atoms. The smallest absolute Gasteiger partial charge is 0.182 e. The summed E-state index contributed by atoms with van der Waals surface area (Å²) in [4.78, 5) is 2.90. The Morgan fingerprint density at radius 1 is 1.26 bits per heavy atom. The molecule has 2 aromatic carbocycles. The fraction of sp³-hybridized carbons (Fsp3) is 0. The van der Waals surface area contributed by atoms with Gasteiger partial charge in [0.25, 0.3) is 0 Å². The van der Waals surface area contributed by atoms with Crippen LogP contribution in [0.5, 0.6) is 0 Å². The molecule has 0 aliphatic rings. The van der Waals surface area contributed by atoms with Gasteiger partial charge >= 0.3 is 0 Å². The maximum Gasteiger partial charge on any atom is 0.182 e. The van der Waals surface area contributed by atoms with E-state index in [1.165, 1.54) is 6.07 Å². The van der Waals surface area contributed by atoms with Crippen molar-refractivity contribution in [3.63, 3.8) is 0 Å². The first-order valence-corrected chi connectivity index (χ1v) is 7.29. The van der Waals surface area contributed by atoms with Crippen LogP contribution in [0.2, 0.25) is 5.02 Å². The monoisotopic (exact) mass is 404 g/mol.